The van der Waals surface area contributed by atoms with E-state index in [1.807, 2.05) is 0 Å². The second-order valence-electron chi connectivity index (χ2n) is 6.28. The highest BCUT2D eigenvalue weighted by Gasteiger charge is 2.26. The van der Waals surface area contributed by atoms with Gasteiger partial charge in [-0.05, 0) is 20.5 Å². The normalized spacial score (nSPS) is 22.1. The number of nitrogens with one attached hydrogen (secondary N) is 1. The lowest BCUT2D eigenvalue weighted by Crippen LogP contribution is -2.51. The Labute approximate surface area is 131 Å². The summed E-state index contributed by atoms with van der Waals surface area (Å²) in [6, 6.07) is 1.43. The van der Waals surface area contributed by atoms with Gasteiger partial charge in [-0.2, -0.15) is 11.8 Å². The average molecular weight is 301 g/mol. The molecular weight excluding hydrogens is 264 g/mol. The van der Waals surface area contributed by atoms with Crippen LogP contribution in [0, 0.1) is 0 Å². The van der Waals surface area contributed by atoms with E-state index < -0.39 is 0 Å². The zero-order valence-electron chi connectivity index (χ0n) is 14.0. The fourth-order valence-corrected chi connectivity index (χ4v) is 4.47. The summed E-state index contributed by atoms with van der Waals surface area (Å²) in [6.45, 7) is 3.55. The highest BCUT2D eigenvalue weighted by atomic mass is 32.2. The molecule has 1 N–H and O–H groups in total. The quantitative estimate of drug-likeness (QED) is 0.577. The lowest BCUT2D eigenvalue weighted by molar-refractivity contribution is 0.211. The lowest BCUT2D eigenvalue weighted by atomic mass is 10.00. The summed E-state index contributed by atoms with van der Waals surface area (Å²) in [5.41, 5.74) is 0. The van der Waals surface area contributed by atoms with Crippen LogP contribution >= 0.6 is 11.8 Å². The van der Waals surface area contributed by atoms with Gasteiger partial charge in [-0.1, -0.05) is 58.3 Å². The van der Waals surface area contributed by atoms with Crippen molar-refractivity contribution in [2.24, 2.45) is 0 Å². The number of thioether (sulfide) groups is 1. The fraction of sp³-hybridized carbons (Fsp3) is 1.00. The van der Waals surface area contributed by atoms with Crippen LogP contribution < -0.4 is 5.32 Å². The van der Waals surface area contributed by atoms with E-state index in [4.69, 9.17) is 0 Å². The molecule has 0 bridgehead atoms. The van der Waals surface area contributed by atoms with Gasteiger partial charge < -0.3 is 10.2 Å². The van der Waals surface area contributed by atoms with Crippen LogP contribution in [0.25, 0.3) is 0 Å². The first-order valence-corrected chi connectivity index (χ1v) is 9.90. The maximum absolute atomic E-state index is 3.57. The first-order valence-electron chi connectivity index (χ1n) is 8.74. The third kappa shape index (κ3) is 7.33. The lowest BCUT2D eigenvalue weighted by Gasteiger charge is -2.37. The van der Waals surface area contributed by atoms with Gasteiger partial charge in [0.1, 0.15) is 0 Å². The van der Waals surface area contributed by atoms with Crippen molar-refractivity contribution in [3.05, 3.63) is 0 Å². The Morgan fingerprint density at radius 1 is 1.10 bits per heavy atom. The van der Waals surface area contributed by atoms with E-state index in [-0.39, 0.29) is 0 Å². The average Bonchev–Trinajstić information content (AvgIpc) is 2.47. The molecule has 1 fully saturated rings. The Kier molecular flexibility index (Phi) is 10.9. The van der Waals surface area contributed by atoms with Gasteiger partial charge >= 0.3 is 0 Å². The van der Waals surface area contributed by atoms with Crippen molar-refractivity contribution in [1.82, 2.24) is 10.2 Å². The van der Waals surface area contributed by atoms with Crippen molar-refractivity contribution in [1.29, 1.82) is 0 Å². The Bertz CT molecular complexity index is 223. The standard InChI is InChI=1S/C17H36N2S/c1-4-5-6-7-8-9-10-11-12-16(18-2)17-15-20-14-13-19(17)3/h16-18H,4-15H2,1-3H3. The summed E-state index contributed by atoms with van der Waals surface area (Å²) in [5, 5.41) is 3.57. The predicted molar refractivity (Wildman–Crippen MR) is 93.8 cm³/mol. The Hall–Kier alpha value is 0.270. The van der Waals surface area contributed by atoms with Gasteiger partial charge in [-0.15, -0.1) is 0 Å². The summed E-state index contributed by atoms with van der Waals surface area (Å²) in [4.78, 5) is 2.56. The minimum absolute atomic E-state index is 0.688. The fourth-order valence-electron chi connectivity index (χ4n) is 3.16. The number of hydrogen-bond donors (Lipinski definition) is 1. The molecule has 0 aromatic rings. The first-order chi connectivity index (χ1) is 9.79. The minimum atomic E-state index is 0.688. The van der Waals surface area contributed by atoms with Gasteiger partial charge in [0.05, 0.1) is 0 Å². The van der Waals surface area contributed by atoms with E-state index >= 15 is 0 Å². The molecule has 1 heterocycles. The maximum atomic E-state index is 3.57. The molecule has 2 nitrogen and oxygen atoms in total. The van der Waals surface area contributed by atoms with Crippen molar-refractivity contribution in [3.8, 4) is 0 Å². The Balaban J connectivity index is 2.06. The summed E-state index contributed by atoms with van der Waals surface area (Å²) in [5.74, 6) is 2.61. The number of rotatable bonds is 11. The highest BCUT2D eigenvalue weighted by molar-refractivity contribution is 7.99. The van der Waals surface area contributed by atoms with E-state index in [1.54, 1.807) is 0 Å². The summed E-state index contributed by atoms with van der Waals surface area (Å²) >= 11 is 2.12. The largest absolute Gasteiger partial charge is 0.315 e. The molecule has 1 rings (SSSR count). The second-order valence-corrected chi connectivity index (χ2v) is 7.43. The molecule has 120 valence electrons. The van der Waals surface area contributed by atoms with Gasteiger partial charge in [0, 0.05) is 30.1 Å². The van der Waals surface area contributed by atoms with Gasteiger partial charge in [0.2, 0.25) is 0 Å². The van der Waals surface area contributed by atoms with E-state index in [0.29, 0.717) is 6.04 Å². The van der Waals surface area contributed by atoms with Gasteiger partial charge in [-0.3, -0.25) is 0 Å². The number of hydrogen-bond acceptors (Lipinski definition) is 3. The summed E-state index contributed by atoms with van der Waals surface area (Å²) in [6.07, 6.45) is 12.7. The molecule has 0 aromatic heterocycles. The van der Waals surface area contributed by atoms with Crippen LogP contribution in [0.2, 0.25) is 0 Å². The Morgan fingerprint density at radius 2 is 1.75 bits per heavy atom. The molecule has 0 saturated carbocycles. The van der Waals surface area contributed by atoms with E-state index in [9.17, 15) is 0 Å². The van der Waals surface area contributed by atoms with Gasteiger partial charge in [-0.25, -0.2) is 0 Å². The molecule has 0 amide bonds. The molecule has 2 atom stereocenters. The van der Waals surface area contributed by atoms with Crippen LogP contribution in [0.4, 0.5) is 0 Å². The van der Waals surface area contributed by atoms with Crippen LogP contribution in [0.3, 0.4) is 0 Å². The predicted octanol–water partition coefficient (Wildman–Crippen LogP) is 4.15. The van der Waals surface area contributed by atoms with E-state index in [1.165, 1.54) is 75.8 Å². The van der Waals surface area contributed by atoms with Gasteiger partial charge in [0.25, 0.3) is 0 Å². The van der Waals surface area contributed by atoms with Crippen molar-refractivity contribution < 1.29 is 0 Å². The third-order valence-corrected chi connectivity index (χ3v) is 5.70. The number of likely N-dealkylation sites (N-methyl/N-ethyl adjacent to an activating group) is 2. The van der Waals surface area contributed by atoms with Crippen LogP contribution in [0.1, 0.15) is 64.7 Å². The van der Waals surface area contributed by atoms with Crippen molar-refractivity contribution in [2.45, 2.75) is 76.8 Å². The molecule has 20 heavy (non-hydrogen) atoms. The number of nitrogens with zero attached hydrogens (tertiary/aromatic N) is 1. The third-order valence-electron chi connectivity index (χ3n) is 4.65. The van der Waals surface area contributed by atoms with E-state index in [2.05, 4.69) is 43.0 Å². The second kappa shape index (κ2) is 11.9. The SMILES string of the molecule is CCCCCCCCCCC(NC)C1CSCCN1C. The zero-order chi connectivity index (χ0) is 14.6. The molecule has 3 heteroatoms. The molecular formula is C17H36N2S. The monoisotopic (exact) mass is 300 g/mol. The minimum Gasteiger partial charge on any atom is -0.315 e. The van der Waals surface area contributed by atoms with Crippen molar-refractivity contribution >= 4 is 11.8 Å². The molecule has 1 saturated heterocycles. The Morgan fingerprint density at radius 3 is 2.35 bits per heavy atom. The van der Waals surface area contributed by atoms with Crippen LogP contribution in [-0.4, -0.2) is 49.1 Å². The molecule has 0 spiro atoms. The van der Waals surface area contributed by atoms with Crippen LogP contribution in [0.5, 0.6) is 0 Å². The van der Waals surface area contributed by atoms with Crippen LogP contribution in [-0.2, 0) is 0 Å². The number of unbranched alkanes of at least 4 members (excludes halogenated alkanes) is 7. The summed E-state index contributed by atoms with van der Waals surface area (Å²) in [7, 11) is 4.44. The maximum Gasteiger partial charge on any atom is 0.0337 e. The highest BCUT2D eigenvalue weighted by Crippen LogP contribution is 2.20. The molecule has 0 aliphatic carbocycles. The van der Waals surface area contributed by atoms with Crippen molar-refractivity contribution in [3.63, 3.8) is 0 Å². The topological polar surface area (TPSA) is 15.3 Å². The molecule has 2 unspecified atom stereocenters. The summed E-state index contributed by atoms with van der Waals surface area (Å²) < 4.78 is 0. The molecule has 0 radical (unpaired) electrons. The molecule has 1 aliphatic rings. The van der Waals surface area contributed by atoms with Crippen LogP contribution in [0.15, 0.2) is 0 Å². The molecule has 1 aliphatic heterocycles. The van der Waals surface area contributed by atoms with E-state index in [0.717, 1.165) is 6.04 Å². The van der Waals surface area contributed by atoms with Gasteiger partial charge in [0.15, 0.2) is 0 Å². The molecule has 0 aromatic carbocycles. The van der Waals surface area contributed by atoms with Crippen molar-refractivity contribution in [2.75, 3.05) is 32.1 Å². The first kappa shape index (κ1) is 18.3. The zero-order valence-corrected chi connectivity index (χ0v) is 14.8. The smallest absolute Gasteiger partial charge is 0.0337 e.